The number of anilines is 2. The molecule has 1 aromatic carbocycles. The number of benzene rings is 1. The van der Waals surface area contributed by atoms with Gasteiger partial charge < -0.3 is 19.3 Å². The van der Waals surface area contributed by atoms with Crippen molar-refractivity contribution in [1.29, 1.82) is 0 Å². The summed E-state index contributed by atoms with van der Waals surface area (Å²) in [5.41, 5.74) is 3.81. The lowest BCUT2D eigenvalue weighted by Crippen LogP contribution is -2.49. The van der Waals surface area contributed by atoms with Gasteiger partial charge in [-0.2, -0.15) is 0 Å². The van der Waals surface area contributed by atoms with E-state index < -0.39 is 0 Å². The van der Waals surface area contributed by atoms with Gasteiger partial charge in [0, 0.05) is 57.0 Å². The zero-order valence-corrected chi connectivity index (χ0v) is 19.6. The van der Waals surface area contributed by atoms with Crippen molar-refractivity contribution >= 4 is 39.5 Å². The second-order valence-electron chi connectivity index (χ2n) is 8.70. The lowest BCUT2D eigenvalue weighted by molar-refractivity contribution is 0.0752. The van der Waals surface area contributed by atoms with Crippen LogP contribution in [-0.4, -0.2) is 59.6 Å². The molecule has 5 heterocycles. The maximum atomic E-state index is 13.9. The highest BCUT2D eigenvalue weighted by Gasteiger charge is 2.32. The topological polar surface area (TPSA) is 61.5 Å². The van der Waals surface area contributed by atoms with Crippen molar-refractivity contribution in [3.63, 3.8) is 0 Å². The molecule has 4 aromatic rings. The summed E-state index contributed by atoms with van der Waals surface area (Å²) in [5, 5.41) is 3.02. The predicted molar refractivity (Wildman–Crippen MR) is 136 cm³/mol. The number of hydrogen-bond acceptors (Lipinski definition) is 6. The number of carbonyl (C=O) groups is 1. The van der Waals surface area contributed by atoms with Crippen molar-refractivity contribution in [3.8, 4) is 0 Å². The molecule has 7 nitrogen and oxygen atoms in total. The average molecular weight is 472 g/mol. The van der Waals surface area contributed by atoms with Gasteiger partial charge in [0.2, 0.25) is 0 Å². The summed E-state index contributed by atoms with van der Waals surface area (Å²) in [6.07, 6.45) is 3.53. The van der Waals surface area contributed by atoms with Gasteiger partial charge in [-0.15, -0.1) is 11.3 Å². The van der Waals surface area contributed by atoms with Gasteiger partial charge in [-0.25, -0.2) is 0 Å². The first-order valence-corrected chi connectivity index (χ1v) is 12.5. The quantitative estimate of drug-likeness (QED) is 0.418. The lowest BCUT2D eigenvalue weighted by Gasteiger charge is -2.37. The Labute approximate surface area is 201 Å². The van der Waals surface area contributed by atoms with Crippen LogP contribution in [0.5, 0.6) is 0 Å². The average Bonchev–Trinajstić information content (AvgIpc) is 3.57. The number of aromatic nitrogens is 2. The molecule has 34 heavy (non-hydrogen) atoms. The van der Waals surface area contributed by atoms with E-state index in [2.05, 4.69) is 20.9 Å². The zero-order chi connectivity index (χ0) is 23.1. The largest absolute Gasteiger partial charge is 0.366 e. The Kier molecular flexibility index (Phi) is 5.30. The fraction of sp³-hybridized carbons (Fsp3) is 0.269. The molecular weight excluding hydrogens is 446 g/mol. The molecule has 2 saturated heterocycles. The highest BCUT2D eigenvalue weighted by molar-refractivity contribution is 7.12. The van der Waals surface area contributed by atoms with Gasteiger partial charge in [0.25, 0.3) is 11.5 Å². The Balaban J connectivity index is 1.39. The first-order chi connectivity index (χ1) is 16.7. The number of pyridine rings is 2. The van der Waals surface area contributed by atoms with E-state index in [1.807, 2.05) is 57.3 Å². The van der Waals surface area contributed by atoms with E-state index in [-0.39, 0.29) is 11.5 Å². The third-order valence-electron chi connectivity index (χ3n) is 6.59. The number of piperazine rings is 1. The van der Waals surface area contributed by atoms with Crippen LogP contribution in [0.25, 0.3) is 10.9 Å². The van der Waals surface area contributed by atoms with Crippen LogP contribution in [-0.2, 0) is 6.54 Å². The van der Waals surface area contributed by atoms with E-state index >= 15 is 0 Å². The Bertz CT molecular complexity index is 1390. The summed E-state index contributed by atoms with van der Waals surface area (Å²) in [7, 11) is 0. The number of thiophene rings is 1. The summed E-state index contributed by atoms with van der Waals surface area (Å²) in [6.45, 7) is 4.99. The van der Waals surface area contributed by atoms with Gasteiger partial charge in [0.1, 0.15) is 5.69 Å². The molecule has 2 aliphatic rings. The highest BCUT2D eigenvalue weighted by atomic mass is 32.1. The molecule has 1 amide bonds. The molecule has 3 aromatic heterocycles. The molecular formula is C26H25N5O2S. The van der Waals surface area contributed by atoms with Gasteiger partial charge >= 0.3 is 0 Å². The van der Waals surface area contributed by atoms with E-state index in [0.717, 1.165) is 45.8 Å². The van der Waals surface area contributed by atoms with Crippen LogP contribution in [0.1, 0.15) is 15.2 Å². The van der Waals surface area contributed by atoms with Crippen molar-refractivity contribution in [1.82, 2.24) is 14.5 Å². The monoisotopic (exact) mass is 471 g/mol. The summed E-state index contributed by atoms with van der Waals surface area (Å²) < 4.78 is 1.89. The summed E-state index contributed by atoms with van der Waals surface area (Å²) in [5.74, 6) is 0.0958. The fourth-order valence-electron chi connectivity index (χ4n) is 4.77. The van der Waals surface area contributed by atoms with Crippen LogP contribution in [0.2, 0.25) is 0 Å². The molecule has 0 spiro atoms. The Morgan fingerprint density at radius 2 is 1.56 bits per heavy atom. The maximum absolute atomic E-state index is 13.9. The van der Waals surface area contributed by atoms with E-state index in [1.165, 1.54) is 11.3 Å². The highest BCUT2D eigenvalue weighted by Crippen LogP contribution is 2.37. The molecule has 8 heteroatoms. The van der Waals surface area contributed by atoms with Crippen molar-refractivity contribution < 1.29 is 4.79 Å². The zero-order valence-electron chi connectivity index (χ0n) is 18.8. The number of para-hydroxylation sites is 1. The van der Waals surface area contributed by atoms with Crippen LogP contribution >= 0.6 is 11.3 Å². The molecule has 6 rings (SSSR count). The number of rotatable bonds is 5. The smallest absolute Gasteiger partial charge is 0.277 e. The SMILES string of the molecule is O=C(c1cccs1)N1CCN(c2c(N3CC3)c(=O)n(Cc3ccncc3)c3ccccc23)CC1. The normalized spacial score (nSPS) is 15.7. The minimum atomic E-state index is 0.0418. The van der Waals surface area contributed by atoms with Crippen LogP contribution in [0, 0.1) is 0 Å². The van der Waals surface area contributed by atoms with Crippen molar-refractivity contribution in [2.24, 2.45) is 0 Å². The standard InChI is InChI=1S/C26H25N5O2S/c32-25(22-6-3-17-34-22)30-15-13-28(14-16-30)23-20-4-1-2-5-21(20)31(18-19-7-9-27-10-8-19)26(33)24(23)29-11-12-29/h1-10,17H,11-16,18H2. The van der Waals surface area contributed by atoms with Gasteiger partial charge in [0.15, 0.2) is 0 Å². The van der Waals surface area contributed by atoms with Gasteiger partial charge in [-0.3, -0.25) is 14.6 Å². The number of carbonyl (C=O) groups excluding carboxylic acids is 1. The van der Waals surface area contributed by atoms with Crippen LogP contribution in [0.4, 0.5) is 11.4 Å². The Morgan fingerprint density at radius 3 is 2.26 bits per heavy atom. The van der Waals surface area contributed by atoms with E-state index in [1.54, 1.807) is 12.4 Å². The van der Waals surface area contributed by atoms with E-state index in [0.29, 0.717) is 32.7 Å². The summed E-state index contributed by atoms with van der Waals surface area (Å²) in [4.78, 5) is 38.0. The van der Waals surface area contributed by atoms with Crippen LogP contribution in [0.3, 0.4) is 0 Å². The Morgan fingerprint density at radius 1 is 0.853 bits per heavy atom. The molecule has 2 aliphatic heterocycles. The molecule has 0 N–H and O–H groups in total. The van der Waals surface area contributed by atoms with Crippen molar-refractivity contribution in [2.45, 2.75) is 6.54 Å². The second kappa shape index (κ2) is 8.61. The Hall–Kier alpha value is -3.65. The third kappa shape index (κ3) is 3.74. The molecule has 0 radical (unpaired) electrons. The number of nitrogens with zero attached hydrogens (tertiary/aromatic N) is 5. The number of fused-ring (bicyclic) bond motifs is 1. The van der Waals surface area contributed by atoms with Crippen LogP contribution < -0.4 is 15.4 Å². The lowest BCUT2D eigenvalue weighted by atomic mass is 10.1. The van der Waals surface area contributed by atoms with Gasteiger partial charge in [-0.1, -0.05) is 24.3 Å². The molecule has 0 aliphatic carbocycles. The van der Waals surface area contributed by atoms with E-state index in [9.17, 15) is 9.59 Å². The molecule has 0 bridgehead atoms. The summed E-state index contributed by atoms with van der Waals surface area (Å²) in [6, 6.07) is 15.9. The molecule has 2 fully saturated rings. The van der Waals surface area contributed by atoms with Crippen molar-refractivity contribution in [3.05, 3.63) is 87.1 Å². The minimum absolute atomic E-state index is 0.0418. The van der Waals surface area contributed by atoms with Crippen LogP contribution in [0.15, 0.2) is 71.1 Å². The molecule has 0 saturated carbocycles. The predicted octanol–water partition coefficient (Wildman–Crippen LogP) is 3.29. The minimum Gasteiger partial charge on any atom is -0.366 e. The first kappa shape index (κ1) is 20.9. The fourth-order valence-corrected chi connectivity index (χ4v) is 5.46. The molecule has 0 unspecified atom stereocenters. The molecule has 172 valence electrons. The number of amides is 1. The third-order valence-corrected chi connectivity index (χ3v) is 7.45. The van der Waals surface area contributed by atoms with Crippen molar-refractivity contribution in [2.75, 3.05) is 49.1 Å². The van der Waals surface area contributed by atoms with Gasteiger partial charge in [0.05, 0.1) is 22.6 Å². The van der Waals surface area contributed by atoms with Gasteiger partial charge in [-0.05, 0) is 35.2 Å². The maximum Gasteiger partial charge on any atom is 0.277 e. The molecule has 0 atom stereocenters. The summed E-state index contributed by atoms with van der Waals surface area (Å²) >= 11 is 1.48. The second-order valence-corrected chi connectivity index (χ2v) is 9.65. The van der Waals surface area contributed by atoms with E-state index in [4.69, 9.17) is 0 Å². The number of hydrogen-bond donors (Lipinski definition) is 0. The first-order valence-electron chi connectivity index (χ1n) is 11.6.